The molecule has 21 heavy (non-hydrogen) atoms. The van der Waals surface area contributed by atoms with Gasteiger partial charge in [0, 0.05) is 23.9 Å². The number of hydrogen-bond donors (Lipinski definition) is 1. The summed E-state index contributed by atoms with van der Waals surface area (Å²) in [7, 11) is 3.35. The van der Waals surface area contributed by atoms with E-state index in [4.69, 9.17) is 9.47 Å². The van der Waals surface area contributed by atoms with Gasteiger partial charge in [-0.1, -0.05) is 6.07 Å². The fourth-order valence-electron chi connectivity index (χ4n) is 1.98. The molecule has 112 valence electrons. The molecule has 0 bridgehead atoms. The van der Waals surface area contributed by atoms with E-state index >= 15 is 0 Å². The molecular formula is C16H19FN2O2. The van der Waals surface area contributed by atoms with Crippen LogP contribution in [-0.4, -0.2) is 19.1 Å². The molecular weight excluding hydrogens is 271 g/mol. The van der Waals surface area contributed by atoms with E-state index < -0.39 is 0 Å². The Morgan fingerprint density at radius 3 is 2.81 bits per heavy atom. The van der Waals surface area contributed by atoms with Crippen LogP contribution < -0.4 is 14.8 Å². The fourth-order valence-corrected chi connectivity index (χ4v) is 1.98. The van der Waals surface area contributed by atoms with Gasteiger partial charge in [-0.05, 0) is 32.2 Å². The highest BCUT2D eigenvalue weighted by molar-refractivity contribution is 5.31. The molecule has 0 spiro atoms. The first kappa shape index (κ1) is 15.3. The summed E-state index contributed by atoms with van der Waals surface area (Å²) in [6, 6.07) is 8.50. The highest BCUT2D eigenvalue weighted by atomic mass is 19.1. The van der Waals surface area contributed by atoms with Crippen LogP contribution in [0.2, 0.25) is 0 Å². The van der Waals surface area contributed by atoms with Gasteiger partial charge in [-0.25, -0.2) is 9.37 Å². The maximum Gasteiger partial charge on any atom is 0.219 e. The minimum Gasteiger partial charge on any atom is -0.489 e. The zero-order chi connectivity index (χ0) is 15.2. The van der Waals surface area contributed by atoms with E-state index in [0.29, 0.717) is 17.2 Å². The van der Waals surface area contributed by atoms with Crippen molar-refractivity contribution in [1.82, 2.24) is 10.3 Å². The second-order valence-electron chi connectivity index (χ2n) is 4.65. The van der Waals surface area contributed by atoms with Crippen LogP contribution in [0.5, 0.6) is 11.6 Å². The summed E-state index contributed by atoms with van der Waals surface area (Å²) in [5, 5.41) is 3.01. The molecule has 4 nitrogen and oxygen atoms in total. The van der Waals surface area contributed by atoms with Crippen LogP contribution in [0, 0.1) is 5.82 Å². The Balaban J connectivity index is 2.09. The topological polar surface area (TPSA) is 43.4 Å². The largest absolute Gasteiger partial charge is 0.489 e. The van der Waals surface area contributed by atoms with Gasteiger partial charge in [0.1, 0.15) is 18.2 Å². The molecule has 2 aromatic rings. The minimum absolute atomic E-state index is 0.0440. The zero-order valence-corrected chi connectivity index (χ0v) is 12.4. The van der Waals surface area contributed by atoms with E-state index in [9.17, 15) is 4.39 Å². The van der Waals surface area contributed by atoms with Gasteiger partial charge >= 0.3 is 0 Å². The van der Waals surface area contributed by atoms with Crippen LogP contribution in [0.4, 0.5) is 4.39 Å². The molecule has 0 radical (unpaired) electrons. The van der Waals surface area contributed by atoms with Gasteiger partial charge in [-0.2, -0.15) is 0 Å². The van der Waals surface area contributed by atoms with Crippen LogP contribution in [-0.2, 0) is 6.61 Å². The van der Waals surface area contributed by atoms with Crippen LogP contribution >= 0.6 is 0 Å². The molecule has 5 heteroatoms. The number of ether oxygens (including phenoxy) is 2. The first-order valence-corrected chi connectivity index (χ1v) is 6.73. The summed E-state index contributed by atoms with van der Waals surface area (Å²) in [4.78, 5) is 4.09. The van der Waals surface area contributed by atoms with Crippen LogP contribution in [0.1, 0.15) is 24.1 Å². The number of benzene rings is 1. The van der Waals surface area contributed by atoms with Gasteiger partial charge in [0.2, 0.25) is 5.88 Å². The summed E-state index contributed by atoms with van der Waals surface area (Å²) in [5.41, 5.74) is 1.43. The van der Waals surface area contributed by atoms with Crippen LogP contribution in [0.3, 0.4) is 0 Å². The summed E-state index contributed by atoms with van der Waals surface area (Å²) < 4.78 is 24.8. The number of pyridine rings is 1. The van der Waals surface area contributed by atoms with Crippen molar-refractivity contribution >= 4 is 0 Å². The summed E-state index contributed by atoms with van der Waals surface area (Å²) in [5.74, 6) is 0.705. The average molecular weight is 290 g/mol. The van der Waals surface area contributed by atoms with Crippen molar-refractivity contribution < 1.29 is 13.9 Å². The van der Waals surface area contributed by atoms with E-state index in [1.807, 2.05) is 13.0 Å². The Labute approximate surface area is 123 Å². The molecule has 0 saturated carbocycles. The third kappa shape index (κ3) is 3.70. The van der Waals surface area contributed by atoms with Gasteiger partial charge in [0.05, 0.1) is 12.7 Å². The van der Waals surface area contributed by atoms with Crippen molar-refractivity contribution in [2.75, 3.05) is 14.2 Å². The van der Waals surface area contributed by atoms with Gasteiger partial charge in [0.15, 0.2) is 0 Å². The lowest BCUT2D eigenvalue weighted by Gasteiger charge is -2.13. The van der Waals surface area contributed by atoms with Gasteiger partial charge in [-0.15, -0.1) is 0 Å². The van der Waals surface area contributed by atoms with Crippen molar-refractivity contribution in [1.29, 1.82) is 0 Å². The normalized spacial score (nSPS) is 12.0. The van der Waals surface area contributed by atoms with Crippen molar-refractivity contribution in [3.63, 3.8) is 0 Å². The second-order valence-corrected chi connectivity index (χ2v) is 4.65. The van der Waals surface area contributed by atoms with Gasteiger partial charge in [0.25, 0.3) is 0 Å². The molecule has 0 amide bonds. The molecule has 1 heterocycles. The average Bonchev–Trinajstić information content (AvgIpc) is 2.52. The highest BCUT2D eigenvalue weighted by Gasteiger charge is 2.10. The van der Waals surface area contributed by atoms with E-state index in [2.05, 4.69) is 10.3 Å². The lowest BCUT2D eigenvalue weighted by molar-refractivity contribution is 0.292. The number of nitrogens with zero attached hydrogens (tertiary/aromatic N) is 1. The third-order valence-corrected chi connectivity index (χ3v) is 3.31. The Bertz CT molecular complexity index is 605. The van der Waals surface area contributed by atoms with Gasteiger partial charge in [-0.3, -0.25) is 0 Å². The van der Waals surface area contributed by atoms with Gasteiger partial charge < -0.3 is 14.8 Å². The van der Waals surface area contributed by atoms with E-state index in [1.54, 1.807) is 38.6 Å². The Kier molecular flexibility index (Phi) is 5.11. The maximum atomic E-state index is 14.0. The quantitative estimate of drug-likeness (QED) is 0.888. The summed E-state index contributed by atoms with van der Waals surface area (Å²) >= 11 is 0. The number of hydrogen-bond acceptors (Lipinski definition) is 4. The molecule has 0 fully saturated rings. The molecule has 1 N–H and O–H groups in total. The number of methoxy groups -OCH3 is 1. The smallest absolute Gasteiger partial charge is 0.219 e. The Morgan fingerprint density at radius 1 is 1.33 bits per heavy atom. The van der Waals surface area contributed by atoms with E-state index in [0.717, 1.165) is 5.56 Å². The van der Waals surface area contributed by atoms with Crippen LogP contribution in [0.15, 0.2) is 36.5 Å². The van der Waals surface area contributed by atoms with Crippen molar-refractivity contribution in [2.45, 2.75) is 19.6 Å². The molecule has 0 saturated heterocycles. The predicted octanol–water partition coefficient (Wildman–Crippen LogP) is 3.09. The first-order chi connectivity index (χ1) is 10.2. The Hall–Kier alpha value is -2.14. The monoisotopic (exact) mass is 290 g/mol. The minimum atomic E-state index is -0.285. The van der Waals surface area contributed by atoms with Crippen LogP contribution in [0.25, 0.3) is 0 Å². The van der Waals surface area contributed by atoms with E-state index in [1.165, 1.54) is 6.07 Å². The lowest BCUT2D eigenvalue weighted by Crippen LogP contribution is -2.13. The molecule has 1 atom stereocenters. The van der Waals surface area contributed by atoms with Crippen molar-refractivity contribution in [3.8, 4) is 11.6 Å². The molecule has 0 aliphatic carbocycles. The molecule has 0 aliphatic rings. The molecule has 2 rings (SSSR count). The molecule has 1 aromatic carbocycles. The molecule has 1 aromatic heterocycles. The Morgan fingerprint density at radius 2 is 2.14 bits per heavy atom. The standard InChI is InChI=1S/C16H19FN2O2/c1-11(18-2)14-7-6-13(9-15(14)17)21-10-12-5-4-8-19-16(12)20-3/h4-9,11,18H,10H2,1-3H3. The highest BCUT2D eigenvalue weighted by Crippen LogP contribution is 2.23. The number of nitrogens with one attached hydrogen (secondary N) is 1. The first-order valence-electron chi connectivity index (χ1n) is 6.73. The number of rotatable bonds is 6. The number of aromatic nitrogens is 1. The second kappa shape index (κ2) is 7.04. The lowest BCUT2D eigenvalue weighted by atomic mass is 10.1. The number of halogens is 1. The van der Waals surface area contributed by atoms with E-state index in [-0.39, 0.29) is 18.5 Å². The predicted molar refractivity (Wildman–Crippen MR) is 79.0 cm³/mol. The van der Waals surface area contributed by atoms with Crippen molar-refractivity contribution in [3.05, 3.63) is 53.5 Å². The van der Waals surface area contributed by atoms with Crippen molar-refractivity contribution in [2.24, 2.45) is 0 Å². The summed E-state index contributed by atoms with van der Waals surface area (Å²) in [6.45, 7) is 2.18. The molecule has 1 unspecified atom stereocenters. The fraction of sp³-hybridized carbons (Fsp3) is 0.312. The maximum absolute atomic E-state index is 14.0. The summed E-state index contributed by atoms with van der Waals surface area (Å²) in [6.07, 6.45) is 1.65. The third-order valence-electron chi connectivity index (χ3n) is 3.31. The zero-order valence-electron chi connectivity index (χ0n) is 12.4. The molecule has 0 aliphatic heterocycles. The SMILES string of the molecule is CNC(C)c1ccc(OCc2cccnc2OC)cc1F.